The number of aliphatic carboxylic acids is 1. The minimum atomic E-state index is -0.947. The molecule has 0 spiro atoms. The molecule has 18 heavy (non-hydrogen) atoms. The van der Waals surface area contributed by atoms with Gasteiger partial charge in [-0.1, -0.05) is 17.7 Å². The van der Waals surface area contributed by atoms with Crippen molar-refractivity contribution in [1.29, 1.82) is 0 Å². The molecule has 3 N–H and O–H groups in total. The minimum Gasteiger partial charge on any atom is -0.487 e. The van der Waals surface area contributed by atoms with Crippen molar-refractivity contribution >= 4 is 29.3 Å². The Labute approximate surface area is 114 Å². The second kappa shape index (κ2) is 5.82. The molecule has 1 unspecified atom stereocenters. The number of hydrogen-bond acceptors (Lipinski definition) is 4. The smallest absolute Gasteiger partial charge is 0.312 e. The third-order valence-electron chi connectivity index (χ3n) is 2.79. The van der Waals surface area contributed by atoms with Gasteiger partial charge in [0.15, 0.2) is 0 Å². The lowest BCUT2D eigenvalue weighted by atomic mass is 9.99. The van der Waals surface area contributed by atoms with Crippen LogP contribution in [-0.2, 0) is 4.79 Å². The van der Waals surface area contributed by atoms with Gasteiger partial charge in [-0.3, -0.25) is 4.79 Å². The highest BCUT2D eigenvalue weighted by molar-refractivity contribution is 8.00. The predicted molar refractivity (Wildman–Crippen MR) is 72.6 cm³/mol. The highest BCUT2D eigenvalue weighted by Crippen LogP contribution is 2.32. The van der Waals surface area contributed by atoms with E-state index in [0.29, 0.717) is 16.3 Å². The summed E-state index contributed by atoms with van der Waals surface area (Å²) in [5.74, 6) is 0.873. The third kappa shape index (κ3) is 2.91. The lowest BCUT2D eigenvalue weighted by Crippen LogP contribution is -2.31. The summed E-state index contributed by atoms with van der Waals surface area (Å²) in [6.45, 7) is 0.0468. The summed E-state index contributed by atoms with van der Waals surface area (Å²) in [5.41, 5.74) is 6.05. The fourth-order valence-electron chi connectivity index (χ4n) is 1.67. The fourth-order valence-corrected chi connectivity index (χ4v) is 2.47. The number of carboxylic acids is 1. The van der Waals surface area contributed by atoms with Crippen LogP contribution in [-0.4, -0.2) is 35.2 Å². The van der Waals surface area contributed by atoms with Crippen LogP contribution in [0.4, 0.5) is 0 Å². The second-order valence-corrected chi connectivity index (χ2v) is 5.58. The zero-order chi connectivity index (χ0) is 13.1. The van der Waals surface area contributed by atoms with E-state index in [-0.39, 0.29) is 12.6 Å². The van der Waals surface area contributed by atoms with Gasteiger partial charge < -0.3 is 15.6 Å². The molecule has 0 aliphatic carbocycles. The number of rotatable bonds is 5. The van der Waals surface area contributed by atoms with E-state index in [1.165, 1.54) is 0 Å². The summed E-state index contributed by atoms with van der Waals surface area (Å²) in [6, 6.07) is 5.04. The molecule has 98 valence electrons. The van der Waals surface area contributed by atoms with Crippen molar-refractivity contribution in [3.05, 3.63) is 28.8 Å². The molecule has 4 nitrogen and oxygen atoms in total. The molecule has 1 aliphatic heterocycles. The van der Waals surface area contributed by atoms with E-state index >= 15 is 0 Å². The maximum absolute atomic E-state index is 11.0. The number of carboxylic acid groups (broad SMARTS) is 1. The summed E-state index contributed by atoms with van der Waals surface area (Å²) >= 11 is 7.92. The van der Waals surface area contributed by atoms with Gasteiger partial charge >= 0.3 is 5.97 Å². The van der Waals surface area contributed by atoms with Crippen molar-refractivity contribution in [2.45, 2.75) is 12.0 Å². The van der Waals surface area contributed by atoms with E-state index in [9.17, 15) is 4.79 Å². The Bertz CT molecular complexity index is 451. The molecule has 1 aromatic rings. The molecule has 6 heteroatoms. The Balaban J connectivity index is 2.15. The first kappa shape index (κ1) is 13.5. The molecule has 1 saturated heterocycles. The third-order valence-corrected chi connectivity index (χ3v) is 4.30. The van der Waals surface area contributed by atoms with Crippen molar-refractivity contribution in [2.24, 2.45) is 5.73 Å². The van der Waals surface area contributed by atoms with Gasteiger partial charge in [-0.05, 0) is 17.7 Å². The van der Waals surface area contributed by atoms with Crippen LogP contribution in [0.15, 0.2) is 18.2 Å². The predicted octanol–water partition coefficient (Wildman–Crippen LogP) is 1.96. The molecular weight excluding hydrogens is 274 g/mol. The molecule has 1 fully saturated rings. The van der Waals surface area contributed by atoms with E-state index in [2.05, 4.69) is 0 Å². The van der Waals surface area contributed by atoms with Crippen molar-refractivity contribution < 1.29 is 14.6 Å². The number of ether oxygens (including phenoxy) is 1. The number of nitrogens with two attached hydrogens (primary N) is 1. The maximum atomic E-state index is 11.0. The standard InChI is InChI=1S/C12H14ClNO3S/c13-10-3-7(9(4-14)12(15)16)1-2-11(10)17-8-5-18-6-8/h1-3,8-9H,4-6,14H2,(H,15,16). The second-order valence-electron chi connectivity index (χ2n) is 4.09. The summed E-state index contributed by atoms with van der Waals surface area (Å²) in [6.07, 6.45) is 0.211. The van der Waals surface area contributed by atoms with Crippen LogP contribution in [0.5, 0.6) is 5.75 Å². The number of halogens is 1. The van der Waals surface area contributed by atoms with E-state index in [1.807, 2.05) is 11.8 Å². The summed E-state index contributed by atoms with van der Waals surface area (Å²) in [5, 5.41) is 9.46. The number of hydrogen-bond donors (Lipinski definition) is 2. The molecule has 0 bridgehead atoms. The molecule has 1 atom stereocenters. The first-order valence-electron chi connectivity index (χ1n) is 5.58. The molecule has 1 aromatic carbocycles. The largest absolute Gasteiger partial charge is 0.487 e. The lowest BCUT2D eigenvalue weighted by Gasteiger charge is -2.26. The molecule has 0 amide bonds. The average Bonchev–Trinajstić information content (AvgIpc) is 2.26. The van der Waals surface area contributed by atoms with Crippen LogP contribution in [0.3, 0.4) is 0 Å². The first-order chi connectivity index (χ1) is 8.61. The zero-order valence-corrected chi connectivity index (χ0v) is 11.2. The van der Waals surface area contributed by atoms with E-state index < -0.39 is 11.9 Å². The summed E-state index contributed by atoms with van der Waals surface area (Å²) < 4.78 is 5.68. The molecule has 2 rings (SSSR count). The fraction of sp³-hybridized carbons (Fsp3) is 0.417. The lowest BCUT2D eigenvalue weighted by molar-refractivity contribution is -0.138. The Hall–Kier alpha value is -0.910. The monoisotopic (exact) mass is 287 g/mol. The van der Waals surface area contributed by atoms with Gasteiger partial charge in [0, 0.05) is 18.1 Å². The maximum Gasteiger partial charge on any atom is 0.312 e. The van der Waals surface area contributed by atoms with Crippen LogP contribution in [0.1, 0.15) is 11.5 Å². The van der Waals surface area contributed by atoms with Crippen LogP contribution in [0, 0.1) is 0 Å². The molecule has 1 aliphatic rings. The van der Waals surface area contributed by atoms with Gasteiger partial charge in [0.25, 0.3) is 0 Å². The molecular formula is C12H14ClNO3S. The van der Waals surface area contributed by atoms with E-state index in [4.69, 9.17) is 27.2 Å². The van der Waals surface area contributed by atoms with Gasteiger partial charge in [-0.2, -0.15) is 11.8 Å². The van der Waals surface area contributed by atoms with Gasteiger partial charge in [-0.25, -0.2) is 0 Å². The normalized spacial score (nSPS) is 17.0. The Morgan fingerprint density at radius 3 is 2.78 bits per heavy atom. The van der Waals surface area contributed by atoms with Crippen LogP contribution >= 0.6 is 23.4 Å². The molecule has 0 radical (unpaired) electrons. The van der Waals surface area contributed by atoms with Gasteiger partial charge in [-0.15, -0.1) is 0 Å². The number of thioether (sulfide) groups is 1. The van der Waals surface area contributed by atoms with Crippen molar-refractivity contribution in [3.63, 3.8) is 0 Å². The van der Waals surface area contributed by atoms with Crippen molar-refractivity contribution in [1.82, 2.24) is 0 Å². The SMILES string of the molecule is NCC(C(=O)O)c1ccc(OC2CSC2)c(Cl)c1. The quantitative estimate of drug-likeness (QED) is 0.866. The molecule has 0 saturated carbocycles. The van der Waals surface area contributed by atoms with Crippen molar-refractivity contribution in [2.75, 3.05) is 18.1 Å². The number of carbonyl (C=O) groups is 1. The molecule has 0 aromatic heterocycles. The first-order valence-corrected chi connectivity index (χ1v) is 7.11. The van der Waals surface area contributed by atoms with Gasteiger partial charge in [0.2, 0.25) is 0 Å². The number of benzene rings is 1. The summed E-state index contributed by atoms with van der Waals surface area (Å²) in [7, 11) is 0. The van der Waals surface area contributed by atoms with Gasteiger partial charge in [0.05, 0.1) is 10.9 Å². The Morgan fingerprint density at radius 2 is 2.33 bits per heavy atom. The average molecular weight is 288 g/mol. The Morgan fingerprint density at radius 1 is 1.61 bits per heavy atom. The van der Waals surface area contributed by atoms with E-state index in [0.717, 1.165) is 11.5 Å². The Kier molecular flexibility index (Phi) is 4.37. The van der Waals surface area contributed by atoms with Crippen molar-refractivity contribution in [3.8, 4) is 5.75 Å². The minimum absolute atomic E-state index is 0.0468. The summed E-state index contributed by atoms with van der Waals surface area (Å²) in [4.78, 5) is 11.0. The topological polar surface area (TPSA) is 72.6 Å². The highest BCUT2D eigenvalue weighted by atomic mass is 35.5. The van der Waals surface area contributed by atoms with Crippen LogP contribution < -0.4 is 10.5 Å². The highest BCUT2D eigenvalue weighted by Gasteiger charge is 2.22. The van der Waals surface area contributed by atoms with Crippen LogP contribution in [0.25, 0.3) is 0 Å². The van der Waals surface area contributed by atoms with E-state index in [1.54, 1.807) is 18.2 Å². The zero-order valence-electron chi connectivity index (χ0n) is 9.64. The van der Waals surface area contributed by atoms with Gasteiger partial charge in [0.1, 0.15) is 11.9 Å². The van der Waals surface area contributed by atoms with Crippen LogP contribution in [0.2, 0.25) is 5.02 Å². The molecule has 1 heterocycles.